The highest BCUT2D eigenvalue weighted by Gasteiger charge is 2.06. The molecule has 0 saturated carbocycles. The SMILES string of the molecule is Fc1cccc(Br)c1Nc1ccc(Br)cn1. The van der Waals surface area contributed by atoms with Gasteiger partial charge in [-0.3, -0.25) is 0 Å². The Morgan fingerprint density at radius 3 is 2.56 bits per heavy atom. The number of hydrogen-bond acceptors (Lipinski definition) is 2. The molecule has 0 aliphatic heterocycles. The summed E-state index contributed by atoms with van der Waals surface area (Å²) in [5, 5.41) is 2.91. The lowest BCUT2D eigenvalue weighted by atomic mass is 10.3. The van der Waals surface area contributed by atoms with E-state index in [0.717, 1.165) is 4.47 Å². The fourth-order valence-electron chi connectivity index (χ4n) is 1.20. The molecule has 1 aromatic heterocycles. The molecule has 0 aliphatic rings. The van der Waals surface area contributed by atoms with Gasteiger partial charge in [0, 0.05) is 15.1 Å². The quantitative estimate of drug-likeness (QED) is 0.867. The standard InChI is InChI=1S/C11H7Br2FN2/c12-7-4-5-10(15-6-7)16-11-8(13)2-1-3-9(11)14/h1-6H,(H,15,16). The molecule has 16 heavy (non-hydrogen) atoms. The molecule has 0 saturated heterocycles. The Bertz CT molecular complexity index is 480. The van der Waals surface area contributed by atoms with Crippen molar-refractivity contribution in [1.82, 2.24) is 4.98 Å². The fraction of sp³-hybridized carbons (Fsp3) is 0. The van der Waals surface area contributed by atoms with Crippen molar-refractivity contribution >= 4 is 43.4 Å². The van der Waals surface area contributed by atoms with Crippen molar-refractivity contribution in [2.45, 2.75) is 0 Å². The van der Waals surface area contributed by atoms with Gasteiger partial charge < -0.3 is 5.32 Å². The number of rotatable bonds is 2. The monoisotopic (exact) mass is 344 g/mol. The van der Waals surface area contributed by atoms with Crippen LogP contribution in [-0.4, -0.2) is 4.98 Å². The number of benzene rings is 1. The average molecular weight is 346 g/mol. The highest BCUT2D eigenvalue weighted by atomic mass is 79.9. The Hall–Kier alpha value is -0.940. The third-order valence-electron chi connectivity index (χ3n) is 1.94. The molecule has 0 spiro atoms. The third-order valence-corrected chi connectivity index (χ3v) is 3.07. The first-order chi connectivity index (χ1) is 7.66. The number of hydrogen-bond donors (Lipinski definition) is 1. The van der Waals surface area contributed by atoms with Gasteiger partial charge in [-0.15, -0.1) is 0 Å². The molecule has 0 aliphatic carbocycles. The third kappa shape index (κ3) is 2.59. The highest BCUT2D eigenvalue weighted by Crippen LogP contribution is 2.27. The molecule has 1 heterocycles. The van der Waals surface area contributed by atoms with Crippen molar-refractivity contribution in [2.75, 3.05) is 5.32 Å². The van der Waals surface area contributed by atoms with E-state index in [1.807, 2.05) is 6.07 Å². The van der Waals surface area contributed by atoms with Crippen LogP contribution < -0.4 is 5.32 Å². The summed E-state index contributed by atoms with van der Waals surface area (Å²) >= 11 is 6.57. The van der Waals surface area contributed by atoms with Gasteiger partial charge in [0.15, 0.2) is 0 Å². The van der Waals surface area contributed by atoms with Gasteiger partial charge in [0.1, 0.15) is 11.6 Å². The minimum Gasteiger partial charge on any atom is -0.337 e. The summed E-state index contributed by atoms with van der Waals surface area (Å²) < 4.78 is 15.0. The van der Waals surface area contributed by atoms with Crippen LogP contribution in [-0.2, 0) is 0 Å². The zero-order valence-electron chi connectivity index (χ0n) is 8.05. The van der Waals surface area contributed by atoms with E-state index in [-0.39, 0.29) is 5.82 Å². The number of halogens is 3. The second kappa shape index (κ2) is 4.93. The average Bonchev–Trinajstić information content (AvgIpc) is 2.26. The highest BCUT2D eigenvalue weighted by molar-refractivity contribution is 9.10. The van der Waals surface area contributed by atoms with Crippen LogP contribution in [0.2, 0.25) is 0 Å². The Morgan fingerprint density at radius 2 is 1.94 bits per heavy atom. The number of anilines is 2. The molecular formula is C11H7Br2FN2. The van der Waals surface area contributed by atoms with E-state index in [1.165, 1.54) is 6.07 Å². The zero-order chi connectivity index (χ0) is 11.5. The fourth-order valence-corrected chi connectivity index (χ4v) is 1.87. The molecule has 1 N–H and O–H groups in total. The minimum absolute atomic E-state index is 0.320. The first-order valence-electron chi connectivity index (χ1n) is 4.49. The van der Waals surface area contributed by atoms with Gasteiger partial charge >= 0.3 is 0 Å². The summed E-state index contributed by atoms with van der Waals surface area (Å²) in [5.74, 6) is 0.271. The lowest BCUT2D eigenvalue weighted by Crippen LogP contribution is -1.96. The lowest BCUT2D eigenvalue weighted by Gasteiger charge is -2.08. The molecule has 5 heteroatoms. The van der Waals surface area contributed by atoms with Gasteiger partial charge in [-0.05, 0) is 56.1 Å². The number of aromatic nitrogens is 1. The molecule has 0 radical (unpaired) electrons. The Kier molecular flexibility index (Phi) is 3.56. The van der Waals surface area contributed by atoms with E-state index in [9.17, 15) is 4.39 Å². The van der Waals surface area contributed by atoms with Crippen LogP contribution in [0.15, 0.2) is 45.5 Å². The van der Waals surface area contributed by atoms with Gasteiger partial charge in [-0.1, -0.05) is 6.07 Å². The molecule has 0 bridgehead atoms. The molecule has 0 amide bonds. The first-order valence-corrected chi connectivity index (χ1v) is 6.08. The van der Waals surface area contributed by atoms with Crippen LogP contribution in [0.25, 0.3) is 0 Å². The van der Waals surface area contributed by atoms with Gasteiger partial charge in [-0.2, -0.15) is 0 Å². The largest absolute Gasteiger partial charge is 0.337 e. The molecule has 82 valence electrons. The van der Waals surface area contributed by atoms with Gasteiger partial charge in [0.2, 0.25) is 0 Å². The maximum atomic E-state index is 13.5. The maximum Gasteiger partial charge on any atom is 0.147 e. The van der Waals surface area contributed by atoms with Gasteiger partial charge in [0.25, 0.3) is 0 Å². The molecule has 2 rings (SSSR count). The predicted octanol–water partition coefficient (Wildman–Crippen LogP) is 4.49. The molecule has 0 atom stereocenters. The van der Waals surface area contributed by atoms with Crippen LogP contribution in [0.1, 0.15) is 0 Å². The van der Waals surface area contributed by atoms with Crippen molar-refractivity contribution in [1.29, 1.82) is 0 Å². The molecule has 0 fully saturated rings. The van der Waals surface area contributed by atoms with E-state index in [0.29, 0.717) is 16.0 Å². The normalized spacial score (nSPS) is 10.2. The Morgan fingerprint density at radius 1 is 1.12 bits per heavy atom. The summed E-state index contributed by atoms with van der Waals surface area (Å²) in [6.45, 7) is 0. The predicted molar refractivity (Wildman–Crippen MR) is 69.3 cm³/mol. The molecule has 1 aromatic carbocycles. The zero-order valence-corrected chi connectivity index (χ0v) is 11.2. The molecule has 2 nitrogen and oxygen atoms in total. The summed E-state index contributed by atoms with van der Waals surface area (Å²) in [7, 11) is 0. The minimum atomic E-state index is -0.320. The lowest BCUT2D eigenvalue weighted by molar-refractivity contribution is 0.631. The van der Waals surface area contributed by atoms with Crippen LogP contribution in [0, 0.1) is 5.82 Å². The van der Waals surface area contributed by atoms with Crippen molar-refractivity contribution in [3.8, 4) is 0 Å². The van der Waals surface area contributed by atoms with Crippen molar-refractivity contribution in [2.24, 2.45) is 0 Å². The van der Waals surface area contributed by atoms with Gasteiger partial charge in [-0.25, -0.2) is 9.37 Å². The summed E-state index contributed by atoms with van der Waals surface area (Å²) in [5.41, 5.74) is 0.386. The Balaban J connectivity index is 2.30. The van der Waals surface area contributed by atoms with Crippen molar-refractivity contribution < 1.29 is 4.39 Å². The molecule has 2 aromatic rings. The number of nitrogens with one attached hydrogen (secondary N) is 1. The van der Waals surface area contributed by atoms with E-state index in [1.54, 1.807) is 24.4 Å². The second-order valence-electron chi connectivity index (χ2n) is 3.08. The summed E-state index contributed by atoms with van der Waals surface area (Å²) in [4.78, 5) is 4.11. The maximum absolute atomic E-state index is 13.5. The summed E-state index contributed by atoms with van der Waals surface area (Å²) in [6.07, 6.45) is 1.65. The number of pyridine rings is 1. The van der Waals surface area contributed by atoms with E-state index >= 15 is 0 Å². The smallest absolute Gasteiger partial charge is 0.147 e. The Labute approximate surface area is 109 Å². The van der Waals surface area contributed by atoms with Crippen LogP contribution in [0.5, 0.6) is 0 Å². The first kappa shape index (κ1) is 11.5. The van der Waals surface area contributed by atoms with Gasteiger partial charge in [0.05, 0.1) is 5.69 Å². The molecule has 0 unspecified atom stereocenters. The van der Waals surface area contributed by atoms with Crippen LogP contribution in [0.3, 0.4) is 0 Å². The van der Waals surface area contributed by atoms with E-state index < -0.39 is 0 Å². The second-order valence-corrected chi connectivity index (χ2v) is 4.85. The van der Waals surface area contributed by atoms with Crippen LogP contribution in [0.4, 0.5) is 15.9 Å². The number of nitrogens with zero attached hydrogens (tertiary/aromatic N) is 1. The topological polar surface area (TPSA) is 24.9 Å². The summed E-state index contributed by atoms with van der Waals surface area (Å²) in [6, 6.07) is 8.41. The van der Waals surface area contributed by atoms with E-state index in [4.69, 9.17) is 0 Å². The van der Waals surface area contributed by atoms with Crippen LogP contribution >= 0.6 is 31.9 Å². The molecular weight excluding hydrogens is 339 g/mol. The van der Waals surface area contributed by atoms with E-state index in [2.05, 4.69) is 42.2 Å². The number of para-hydroxylation sites is 1. The van der Waals surface area contributed by atoms with Crippen molar-refractivity contribution in [3.05, 3.63) is 51.3 Å². The van der Waals surface area contributed by atoms with Crippen molar-refractivity contribution in [3.63, 3.8) is 0 Å².